The molecule has 0 bridgehead atoms. The minimum absolute atomic E-state index is 0.0696. The molecule has 2 heterocycles. The Kier molecular flexibility index (Phi) is 7.37. The second-order valence-electron chi connectivity index (χ2n) is 9.46. The molecule has 38 heavy (non-hydrogen) atoms. The number of ketones is 1. The number of hydrogen-bond acceptors (Lipinski definition) is 4. The zero-order valence-electron chi connectivity index (χ0n) is 20.3. The molecule has 0 saturated carbocycles. The summed E-state index contributed by atoms with van der Waals surface area (Å²) in [6.45, 7) is 0.213. The van der Waals surface area contributed by atoms with E-state index in [-0.39, 0.29) is 31.2 Å². The van der Waals surface area contributed by atoms with Gasteiger partial charge in [-0.05, 0) is 54.4 Å². The van der Waals surface area contributed by atoms with E-state index in [9.17, 15) is 23.6 Å². The lowest BCUT2D eigenvalue weighted by molar-refractivity contribution is -0.138. The number of carbonyl (C=O) groups is 4. The van der Waals surface area contributed by atoms with Gasteiger partial charge in [-0.2, -0.15) is 0 Å². The Morgan fingerprint density at radius 2 is 1.66 bits per heavy atom. The summed E-state index contributed by atoms with van der Waals surface area (Å²) in [5.41, 5.74) is 1.52. The van der Waals surface area contributed by atoms with Crippen molar-refractivity contribution in [3.63, 3.8) is 0 Å². The van der Waals surface area contributed by atoms with Crippen molar-refractivity contribution < 1.29 is 23.6 Å². The first-order chi connectivity index (χ1) is 18.3. The Labute approximate surface area is 227 Å². The number of rotatable bonds is 6. The summed E-state index contributed by atoms with van der Waals surface area (Å²) in [6.07, 6.45) is 0.581. The van der Waals surface area contributed by atoms with Gasteiger partial charge in [0.25, 0.3) is 11.8 Å². The minimum Gasteiger partial charge on any atom is -0.340 e. The molecule has 0 unspecified atom stereocenters. The van der Waals surface area contributed by atoms with Gasteiger partial charge in [-0.15, -0.1) is 0 Å². The van der Waals surface area contributed by atoms with Crippen molar-refractivity contribution in [1.29, 1.82) is 0 Å². The summed E-state index contributed by atoms with van der Waals surface area (Å²) in [5.74, 6) is -1.71. The molecule has 9 heteroatoms. The second-order valence-corrected chi connectivity index (χ2v) is 10.4. The van der Waals surface area contributed by atoms with Crippen molar-refractivity contribution in [3.05, 3.63) is 106 Å². The molecule has 3 aromatic rings. The Morgan fingerprint density at radius 3 is 2.37 bits per heavy atom. The van der Waals surface area contributed by atoms with Gasteiger partial charge in [0, 0.05) is 28.6 Å². The molecule has 1 N–H and O–H groups in total. The second kappa shape index (κ2) is 10.9. The fourth-order valence-electron chi connectivity index (χ4n) is 5.21. The topological polar surface area (TPSA) is 86.8 Å². The van der Waals surface area contributed by atoms with Crippen LogP contribution < -0.4 is 5.32 Å². The number of likely N-dealkylation sites (tertiary alicyclic amines) is 2. The molecule has 0 aliphatic carbocycles. The number of hydrogen-bond donors (Lipinski definition) is 1. The zero-order chi connectivity index (χ0) is 26.8. The van der Waals surface area contributed by atoms with Crippen LogP contribution in [0, 0.1) is 5.82 Å². The van der Waals surface area contributed by atoms with E-state index in [0.717, 1.165) is 0 Å². The molecule has 3 aromatic carbocycles. The van der Waals surface area contributed by atoms with Gasteiger partial charge in [0.2, 0.25) is 5.91 Å². The maximum absolute atomic E-state index is 13.9. The van der Waals surface area contributed by atoms with Crippen LogP contribution in [-0.4, -0.2) is 64.5 Å². The molecule has 0 radical (unpaired) electrons. The fraction of sp³-hybridized carbons (Fsp3) is 0.241. The number of carbonyl (C=O) groups excluding carboxylic acids is 4. The lowest BCUT2D eigenvalue weighted by Crippen LogP contribution is -2.53. The first kappa shape index (κ1) is 25.8. The molecular formula is C29H25BrFN3O4. The van der Waals surface area contributed by atoms with Gasteiger partial charge >= 0.3 is 0 Å². The first-order valence-electron chi connectivity index (χ1n) is 12.3. The van der Waals surface area contributed by atoms with E-state index in [4.69, 9.17) is 0 Å². The average molecular weight is 578 g/mol. The molecule has 2 aliphatic rings. The van der Waals surface area contributed by atoms with Gasteiger partial charge in [0.15, 0.2) is 5.78 Å². The van der Waals surface area contributed by atoms with Gasteiger partial charge in [-0.1, -0.05) is 52.3 Å². The van der Waals surface area contributed by atoms with E-state index in [1.165, 1.54) is 17.0 Å². The summed E-state index contributed by atoms with van der Waals surface area (Å²) in [7, 11) is 0. The largest absolute Gasteiger partial charge is 0.340 e. The molecule has 0 aromatic heterocycles. The van der Waals surface area contributed by atoms with E-state index < -0.39 is 35.8 Å². The Hall–Kier alpha value is -3.85. The molecule has 194 valence electrons. The molecular weight excluding hydrogens is 553 g/mol. The molecule has 3 amide bonds. The van der Waals surface area contributed by atoms with Gasteiger partial charge in [0.1, 0.15) is 17.9 Å². The molecule has 0 spiro atoms. The number of benzene rings is 3. The van der Waals surface area contributed by atoms with Crippen LogP contribution in [0.5, 0.6) is 0 Å². The highest BCUT2D eigenvalue weighted by Gasteiger charge is 2.52. The van der Waals surface area contributed by atoms with Crippen LogP contribution in [0.2, 0.25) is 0 Å². The van der Waals surface area contributed by atoms with Crippen LogP contribution in [0.15, 0.2) is 83.3 Å². The molecule has 5 rings (SSSR count). The maximum atomic E-state index is 13.9. The van der Waals surface area contributed by atoms with Crippen molar-refractivity contribution >= 4 is 39.4 Å². The molecule has 3 atom stereocenters. The summed E-state index contributed by atoms with van der Waals surface area (Å²) < 4.78 is 14.2. The van der Waals surface area contributed by atoms with Crippen LogP contribution >= 0.6 is 15.9 Å². The number of Topliss-reactive ketones (excluding diaryl/α,β-unsaturated/α-hetero) is 1. The van der Waals surface area contributed by atoms with E-state index in [1.807, 2.05) is 6.07 Å². The minimum atomic E-state index is -0.989. The summed E-state index contributed by atoms with van der Waals surface area (Å²) in [5, 5.41) is 2.82. The third kappa shape index (κ3) is 5.24. The van der Waals surface area contributed by atoms with Crippen molar-refractivity contribution in [1.82, 2.24) is 15.1 Å². The predicted molar refractivity (Wildman–Crippen MR) is 142 cm³/mol. The monoisotopic (exact) mass is 577 g/mol. The molecule has 7 nitrogen and oxygen atoms in total. The molecule has 2 aliphatic heterocycles. The predicted octanol–water partition coefficient (Wildman–Crippen LogP) is 3.62. The van der Waals surface area contributed by atoms with Crippen LogP contribution in [0.4, 0.5) is 4.39 Å². The van der Waals surface area contributed by atoms with Crippen molar-refractivity contribution in [2.45, 2.75) is 31.0 Å². The van der Waals surface area contributed by atoms with E-state index in [0.29, 0.717) is 27.6 Å². The van der Waals surface area contributed by atoms with Gasteiger partial charge < -0.3 is 15.1 Å². The van der Waals surface area contributed by atoms with Crippen molar-refractivity contribution in [3.8, 4) is 0 Å². The quantitative estimate of drug-likeness (QED) is 0.485. The third-order valence-electron chi connectivity index (χ3n) is 7.03. The Balaban J connectivity index is 1.38. The smallest absolute Gasteiger partial charge is 0.254 e. The molecule has 2 saturated heterocycles. The SMILES string of the molecule is O=C(N[C@@H](Cc1ccc(F)cc1)C(=O)N1CC[C@@H]2[C@H]1C(=O)CN2C(=O)c1ccccc1)c1cccc(Br)c1. The standard InChI is InChI=1S/C29H25BrFN3O4/c30-21-8-4-7-20(16-21)27(36)32-23(15-18-9-11-22(31)12-10-18)29(38)33-14-13-24-26(33)25(35)17-34(24)28(37)19-5-2-1-3-6-19/h1-12,16,23-24,26H,13-15,17H2,(H,32,36)/t23-,24+,26-/m0/s1. The number of amides is 3. The van der Waals surface area contributed by atoms with E-state index in [1.54, 1.807) is 65.6 Å². The summed E-state index contributed by atoms with van der Waals surface area (Å²) >= 11 is 3.35. The number of nitrogens with zero attached hydrogens (tertiary/aromatic N) is 2. The van der Waals surface area contributed by atoms with Crippen molar-refractivity contribution in [2.24, 2.45) is 0 Å². The number of fused-ring (bicyclic) bond motifs is 1. The Bertz CT molecular complexity index is 1380. The van der Waals surface area contributed by atoms with Crippen LogP contribution in [0.25, 0.3) is 0 Å². The third-order valence-corrected chi connectivity index (χ3v) is 7.52. The van der Waals surface area contributed by atoms with Crippen molar-refractivity contribution in [2.75, 3.05) is 13.1 Å². The first-order valence-corrected chi connectivity index (χ1v) is 13.1. The Morgan fingerprint density at radius 1 is 0.947 bits per heavy atom. The average Bonchev–Trinajstić information content (AvgIpc) is 3.50. The van der Waals surface area contributed by atoms with E-state index in [2.05, 4.69) is 21.2 Å². The normalized spacial score (nSPS) is 19.3. The number of halogens is 2. The number of nitrogens with one attached hydrogen (secondary N) is 1. The summed E-state index contributed by atoms with van der Waals surface area (Å²) in [4.78, 5) is 56.2. The van der Waals surface area contributed by atoms with Crippen LogP contribution in [0.1, 0.15) is 32.7 Å². The molecule has 2 fully saturated rings. The lowest BCUT2D eigenvalue weighted by Gasteiger charge is -2.28. The van der Waals surface area contributed by atoms with Gasteiger partial charge in [0.05, 0.1) is 12.6 Å². The maximum Gasteiger partial charge on any atom is 0.254 e. The summed E-state index contributed by atoms with van der Waals surface area (Å²) in [6, 6.07) is 19.1. The van der Waals surface area contributed by atoms with Gasteiger partial charge in [-0.3, -0.25) is 19.2 Å². The highest BCUT2D eigenvalue weighted by atomic mass is 79.9. The van der Waals surface area contributed by atoms with Crippen LogP contribution in [-0.2, 0) is 16.0 Å². The highest BCUT2D eigenvalue weighted by molar-refractivity contribution is 9.10. The highest BCUT2D eigenvalue weighted by Crippen LogP contribution is 2.31. The zero-order valence-corrected chi connectivity index (χ0v) is 21.9. The van der Waals surface area contributed by atoms with Gasteiger partial charge in [-0.25, -0.2) is 4.39 Å². The lowest BCUT2D eigenvalue weighted by atomic mass is 10.0. The fourth-order valence-corrected chi connectivity index (χ4v) is 5.61. The van der Waals surface area contributed by atoms with Crippen LogP contribution in [0.3, 0.4) is 0 Å². The van der Waals surface area contributed by atoms with E-state index >= 15 is 0 Å².